The van der Waals surface area contributed by atoms with Gasteiger partial charge in [-0.2, -0.15) is 0 Å². The average Bonchev–Trinajstić information content (AvgIpc) is 3.01. The Morgan fingerprint density at radius 1 is 1.12 bits per heavy atom. The van der Waals surface area contributed by atoms with Crippen molar-refractivity contribution in [3.05, 3.63) is 60.2 Å². The highest BCUT2D eigenvalue weighted by Gasteiger charge is 2.32. The second-order valence-electron chi connectivity index (χ2n) is 7.26. The van der Waals surface area contributed by atoms with Crippen LogP contribution in [-0.2, 0) is 11.2 Å². The molecule has 1 saturated carbocycles. The third-order valence-electron chi connectivity index (χ3n) is 5.25. The van der Waals surface area contributed by atoms with Crippen LogP contribution >= 0.6 is 0 Å². The van der Waals surface area contributed by atoms with Crippen molar-refractivity contribution >= 4 is 6.29 Å². The third-order valence-corrected chi connectivity index (χ3v) is 5.25. The Kier molecular flexibility index (Phi) is 9.36. The van der Waals surface area contributed by atoms with Crippen molar-refractivity contribution in [3.63, 3.8) is 0 Å². The normalized spacial score (nSPS) is 24.5. The zero-order chi connectivity index (χ0) is 18.6. The molecule has 0 heterocycles. The van der Waals surface area contributed by atoms with Gasteiger partial charge in [0.2, 0.25) is 0 Å². The smallest absolute Gasteiger partial charge is 0.120 e. The molecule has 2 N–H and O–H groups in total. The predicted molar refractivity (Wildman–Crippen MR) is 106 cm³/mol. The van der Waals surface area contributed by atoms with Crippen molar-refractivity contribution in [2.24, 2.45) is 11.8 Å². The largest absolute Gasteiger partial charge is 0.393 e. The maximum Gasteiger partial charge on any atom is 0.120 e. The molecule has 142 valence electrons. The molecule has 1 aliphatic rings. The second-order valence-corrected chi connectivity index (χ2v) is 7.26. The average molecular weight is 357 g/mol. The number of carbonyl (C=O) groups is 1. The summed E-state index contributed by atoms with van der Waals surface area (Å²) in [5.41, 5.74) is 1.23. The monoisotopic (exact) mass is 356 g/mol. The molecule has 3 nitrogen and oxygen atoms in total. The summed E-state index contributed by atoms with van der Waals surface area (Å²) in [7, 11) is 0. The summed E-state index contributed by atoms with van der Waals surface area (Å²) in [5.74, 6) is 0.561. The molecule has 26 heavy (non-hydrogen) atoms. The van der Waals surface area contributed by atoms with Gasteiger partial charge < -0.3 is 15.0 Å². The van der Waals surface area contributed by atoms with Crippen LogP contribution in [0.15, 0.2) is 54.6 Å². The molecule has 0 aromatic heterocycles. The van der Waals surface area contributed by atoms with Crippen molar-refractivity contribution in [1.29, 1.82) is 0 Å². The van der Waals surface area contributed by atoms with Gasteiger partial charge in [-0.3, -0.25) is 0 Å². The topological polar surface area (TPSA) is 57.5 Å². The van der Waals surface area contributed by atoms with Crippen molar-refractivity contribution in [3.8, 4) is 0 Å². The quantitative estimate of drug-likeness (QED) is 0.354. The van der Waals surface area contributed by atoms with Crippen molar-refractivity contribution < 1.29 is 15.0 Å². The SMILES string of the molecule is O=CCCC/C=C\C[C@H]1CC[C@@H](O)[C@@H]1/C=C/[C@@H](O)CCc1ccccc1. The number of aliphatic hydroxyl groups excluding tert-OH is 2. The molecular formula is C23H32O3. The van der Waals surface area contributed by atoms with Gasteiger partial charge >= 0.3 is 0 Å². The fraction of sp³-hybridized carbons (Fsp3) is 0.522. The summed E-state index contributed by atoms with van der Waals surface area (Å²) in [5, 5.41) is 20.5. The fourth-order valence-electron chi connectivity index (χ4n) is 3.66. The molecule has 0 unspecified atom stereocenters. The Labute approximate surface area is 157 Å². The number of carbonyl (C=O) groups excluding carboxylic acids is 1. The van der Waals surface area contributed by atoms with Gasteiger partial charge in [-0.25, -0.2) is 0 Å². The number of allylic oxidation sites excluding steroid dienone is 2. The fourth-order valence-corrected chi connectivity index (χ4v) is 3.66. The standard InChI is InChI=1S/C23H32O3/c24-18-8-3-1-2-7-11-20-13-17-23(26)22(20)16-15-21(25)14-12-19-9-5-4-6-10-19/h2,4-7,9-10,15-16,18,20-23,25-26H,1,3,8,11-14,17H2/b7-2-,16-15+/t20-,21-,22+,23+/m0/s1. The minimum Gasteiger partial charge on any atom is -0.393 e. The summed E-state index contributed by atoms with van der Waals surface area (Å²) < 4.78 is 0. The van der Waals surface area contributed by atoms with E-state index in [-0.39, 0.29) is 12.0 Å². The molecule has 0 spiro atoms. The van der Waals surface area contributed by atoms with E-state index < -0.39 is 6.10 Å². The lowest BCUT2D eigenvalue weighted by Crippen LogP contribution is -2.17. The zero-order valence-electron chi connectivity index (χ0n) is 15.5. The maximum atomic E-state index is 10.3. The van der Waals surface area contributed by atoms with Crippen molar-refractivity contribution in [2.75, 3.05) is 0 Å². The van der Waals surface area contributed by atoms with E-state index in [1.807, 2.05) is 30.4 Å². The van der Waals surface area contributed by atoms with Crippen molar-refractivity contribution in [2.45, 2.75) is 63.6 Å². The molecule has 4 atom stereocenters. The first-order chi connectivity index (χ1) is 12.7. The molecule has 0 bridgehead atoms. The molecule has 1 fully saturated rings. The summed E-state index contributed by atoms with van der Waals surface area (Å²) in [6, 6.07) is 10.2. The van der Waals surface area contributed by atoms with E-state index in [1.165, 1.54) is 5.56 Å². The lowest BCUT2D eigenvalue weighted by Gasteiger charge is -2.18. The highest BCUT2D eigenvalue weighted by Crippen LogP contribution is 2.36. The van der Waals surface area contributed by atoms with Crippen LogP contribution in [0, 0.1) is 11.8 Å². The van der Waals surface area contributed by atoms with E-state index in [0.717, 1.165) is 44.8 Å². The first-order valence-corrected chi connectivity index (χ1v) is 9.87. The number of unbranched alkanes of at least 4 members (excludes halogenated alkanes) is 2. The Morgan fingerprint density at radius 2 is 1.92 bits per heavy atom. The van der Waals surface area contributed by atoms with Gasteiger partial charge in [-0.1, -0.05) is 54.6 Å². The zero-order valence-corrected chi connectivity index (χ0v) is 15.5. The first kappa shape index (κ1) is 20.6. The molecule has 0 aliphatic heterocycles. The molecular weight excluding hydrogens is 324 g/mol. The highest BCUT2D eigenvalue weighted by atomic mass is 16.3. The van der Waals surface area contributed by atoms with E-state index in [4.69, 9.17) is 0 Å². The van der Waals surface area contributed by atoms with Crippen LogP contribution in [0.4, 0.5) is 0 Å². The lowest BCUT2D eigenvalue weighted by molar-refractivity contribution is -0.107. The van der Waals surface area contributed by atoms with Gasteiger partial charge in [-0.05, 0) is 56.4 Å². The van der Waals surface area contributed by atoms with Crippen LogP contribution in [0.25, 0.3) is 0 Å². The first-order valence-electron chi connectivity index (χ1n) is 9.87. The second kappa shape index (κ2) is 11.8. The van der Waals surface area contributed by atoms with Gasteiger partial charge in [0.25, 0.3) is 0 Å². The summed E-state index contributed by atoms with van der Waals surface area (Å²) in [6.07, 6.45) is 15.2. The van der Waals surface area contributed by atoms with Gasteiger partial charge in [0.1, 0.15) is 6.29 Å². The van der Waals surface area contributed by atoms with Gasteiger partial charge in [0, 0.05) is 12.3 Å². The number of benzene rings is 1. The summed E-state index contributed by atoms with van der Waals surface area (Å²) >= 11 is 0. The Balaban J connectivity index is 1.76. The highest BCUT2D eigenvalue weighted by molar-refractivity contribution is 5.49. The van der Waals surface area contributed by atoms with E-state index in [9.17, 15) is 15.0 Å². The number of rotatable bonds is 11. The van der Waals surface area contributed by atoms with Crippen molar-refractivity contribution in [1.82, 2.24) is 0 Å². The molecule has 0 saturated heterocycles. The Hall–Kier alpha value is -1.71. The van der Waals surface area contributed by atoms with Crippen LogP contribution in [0.5, 0.6) is 0 Å². The molecule has 0 amide bonds. The van der Waals surface area contributed by atoms with E-state index in [2.05, 4.69) is 24.3 Å². The number of aryl methyl sites for hydroxylation is 1. The number of aldehydes is 1. The molecule has 1 aromatic carbocycles. The van der Waals surface area contributed by atoms with E-state index in [0.29, 0.717) is 18.8 Å². The molecule has 3 heteroatoms. The Bertz CT molecular complexity index is 564. The minimum absolute atomic E-state index is 0.126. The molecule has 1 aliphatic carbocycles. The number of aliphatic hydroxyl groups is 2. The van der Waals surface area contributed by atoms with E-state index in [1.54, 1.807) is 0 Å². The third kappa shape index (κ3) is 7.27. The van der Waals surface area contributed by atoms with Crippen LogP contribution in [-0.4, -0.2) is 28.7 Å². The maximum absolute atomic E-state index is 10.3. The van der Waals surface area contributed by atoms with Gasteiger partial charge in [-0.15, -0.1) is 0 Å². The molecule has 1 aromatic rings. The molecule has 2 rings (SSSR count). The summed E-state index contributed by atoms with van der Waals surface area (Å²) in [6.45, 7) is 0. The summed E-state index contributed by atoms with van der Waals surface area (Å²) in [4.78, 5) is 10.3. The van der Waals surface area contributed by atoms with Gasteiger partial charge in [0.15, 0.2) is 0 Å². The van der Waals surface area contributed by atoms with Crippen LogP contribution in [0.3, 0.4) is 0 Å². The van der Waals surface area contributed by atoms with Crippen LogP contribution in [0.2, 0.25) is 0 Å². The van der Waals surface area contributed by atoms with E-state index >= 15 is 0 Å². The van der Waals surface area contributed by atoms with Crippen LogP contribution in [0.1, 0.15) is 50.5 Å². The van der Waals surface area contributed by atoms with Crippen LogP contribution < -0.4 is 0 Å². The number of hydrogen-bond acceptors (Lipinski definition) is 3. The Morgan fingerprint density at radius 3 is 2.69 bits per heavy atom. The van der Waals surface area contributed by atoms with Gasteiger partial charge in [0.05, 0.1) is 12.2 Å². The molecule has 0 radical (unpaired) electrons. The lowest BCUT2D eigenvalue weighted by atomic mass is 9.90. The minimum atomic E-state index is -0.470. The predicted octanol–water partition coefficient (Wildman–Crippen LogP) is 4.24. The number of hydrogen-bond donors (Lipinski definition) is 2.